The summed E-state index contributed by atoms with van der Waals surface area (Å²) in [4.78, 5) is 2.51. The van der Waals surface area contributed by atoms with Crippen molar-refractivity contribution in [2.45, 2.75) is 20.8 Å². The SMILES string of the molecule is Cc1cc(C)c(B2c3ccccc3Oc3cc(-c4ccccc4N4c5ccccc5[Si](c5ccccc5)(c5ccccc5)c5ccccc54)ccc32)c(C)c1. The summed E-state index contributed by atoms with van der Waals surface area (Å²) in [5.74, 6) is 1.83. The molecule has 0 bridgehead atoms. The number of benzene rings is 8. The Morgan fingerprint density at radius 3 is 1.60 bits per heavy atom. The van der Waals surface area contributed by atoms with Gasteiger partial charge in [-0.1, -0.05) is 180 Å². The normalized spacial score (nSPS) is 13.6. The number of nitrogens with zero attached hydrogens (tertiary/aromatic N) is 1. The van der Waals surface area contributed by atoms with Gasteiger partial charge in [0.2, 0.25) is 0 Å². The molecule has 0 amide bonds. The average molecular weight is 722 g/mol. The van der Waals surface area contributed by atoms with Crippen molar-refractivity contribution in [1.29, 1.82) is 0 Å². The molecule has 0 radical (unpaired) electrons. The van der Waals surface area contributed by atoms with Crippen molar-refractivity contribution in [2.75, 3.05) is 4.90 Å². The molecule has 0 saturated heterocycles. The molecule has 55 heavy (non-hydrogen) atoms. The maximum absolute atomic E-state index is 6.81. The molecular formula is C51H40BNOSi. The van der Waals surface area contributed by atoms with E-state index >= 15 is 0 Å². The Kier molecular flexibility index (Phi) is 7.97. The Morgan fingerprint density at radius 1 is 0.455 bits per heavy atom. The van der Waals surface area contributed by atoms with Crippen LogP contribution in [0.25, 0.3) is 11.1 Å². The predicted molar refractivity (Wildman–Crippen MR) is 236 cm³/mol. The molecule has 2 aliphatic rings. The van der Waals surface area contributed by atoms with Crippen molar-refractivity contribution in [3.05, 3.63) is 205 Å². The van der Waals surface area contributed by atoms with Crippen molar-refractivity contribution in [2.24, 2.45) is 0 Å². The lowest BCUT2D eigenvalue weighted by atomic mass is 9.34. The third-order valence-electron chi connectivity index (χ3n) is 11.8. The molecule has 262 valence electrons. The van der Waals surface area contributed by atoms with Gasteiger partial charge in [-0.05, 0) is 88.3 Å². The number of anilines is 3. The second-order valence-electron chi connectivity index (χ2n) is 15.0. The van der Waals surface area contributed by atoms with E-state index in [0.29, 0.717) is 0 Å². The first kappa shape index (κ1) is 33.2. The number of hydrogen-bond acceptors (Lipinski definition) is 2. The van der Waals surface area contributed by atoms with Crippen molar-refractivity contribution < 1.29 is 4.74 Å². The topological polar surface area (TPSA) is 12.5 Å². The highest BCUT2D eigenvalue weighted by atomic mass is 28.3. The molecule has 10 rings (SSSR count). The largest absolute Gasteiger partial charge is 0.458 e. The second kappa shape index (κ2) is 13.2. The molecule has 8 aromatic rings. The Balaban J connectivity index is 1.17. The Bertz CT molecular complexity index is 2630. The number of para-hydroxylation sites is 4. The highest BCUT2D eigenvalue weighted by molar-refractivity contribution is 7.21. The average Bonchev–Trinajstić information content (AvgIpc) is 3.22. The zero-order valence-electron chi connectivity index (χ0n) is 31.3. The van der Waals surface area contributed by atoms with Gasteiger partial charge < -0.3 is 9.64 Å². The molecule has 4 heteroatoms. The zero-order chi connectivity index (χ0) is 37.1. The van der Waals surface area contributed by atoms with Gasteiger partial charge in [0.1, 0.15) is 11.5 Å². The molecule has 8 aromatic carbocycles. The van der Waals surface area contributed by atoms with Crippen LogP contribution in [0.4, 0.5) is 17.1 Å². The molecule has 0 saturated carbocycles. The van der Waals surface area contributed by atoms with Gasteiger partial charge in [-0.2, -0.15) is 0 Å². The molecule has 0 fully saturated rings. The minimum atomic E-state index is -2.72. The van der Waals surface area contributed by atoms with Gasteiger partial charge in [-0.15, -0.1) is 0 Å². The monoisotopic (exact) mass is 721 g/mol. The van der Waals surface area contributed by atoms with E-state index in [1.165, 1.54) is 65.2 Å². The predicted octanol–water partition coefficient (Wildman–Crippen LogP) is 8.06. The lowest BCUT2D eigenvalue weighted by Crippen LogP contribution is -2.77. The smallest absolute Gasteiger partial charge is 0.251 e. The number of ether oxygens (including phenoxy) is 1. The highest BCUT2D eigenvalue weighted by Gasteiger charge is 2.48. The maximum Gasteiger partial charge on any atom is 0.251 e. The Morgan fingerprint density at radius 2 is 0.964 bits per heavy atom. The van der Waals surface area contributed by atoms with Crippen LogP contribution in [0.1, 0.15) is 16.7 Å². The highest BCUT2D eigenvalue weighted by Crippen LogP contribution is 2.43. The van der Waals surface area contributed by atoms with E-state index in [2.05, 4.69) is 214 Å². The molecule has 0 unspecified atom stereocenters. The lowest BCUT2D eigenvalue weighted by molar-refractivity contribution is 0.487. The van der Waals surface area contributed by atoms with Crippen LogP contribution < -0.4 is 46.8 Å². The van der Waals surface area contributed by atoms with E-state index in [9.17, 15) is 0 Å². The summed E-state index contributed by atoms with van der Waals surface area (Å²) in [6.07, 6.45) is 0. The molecule has 2 nitrogen and oxygen atoms in total. The zero-order valence-corrected chi connectivity index (χ0v) is 32.3. The van der Waals surface area contributed by atoms with Crippen LogP contribution in [-0.4, -0.2) is 14.8 Å². The van der Waals surface area contributed by atoms with E-state index in [-0.39, 0.29) is 6.71 Å². The van der Waals surface area contributed by atoms with Crippen LogP contribution in [0, 0.1) is 20.8 Å². The summed E-state index contributed by atoms with van der Waals surface area (Å²) >= 11 is 0. The van der Waals surface area contributed by atoms with Crippen LogP contribution in [-0.2, 0) is 0 Å². The molecular weight excluding hydrogens is 681 g/mol. The van der Waals surface area contributed by atoms with Crippen LogP contribution in [0.2, 0.25) is 0 Å². The molecule has 0 spiro atoms. The summed E-state index contributed by atoms with van der Waals surface area (Å²) < 4.78 is 6.81. The van der Waals surface area contributed by atoms with Crippen LogP contribution in [0.3, 0.4) is 0 Å². The van der Waals surface area contributed by atoms with Crippen molar-refractivity contribution in [3.63, 3.8) is 0 Å². The fourth-order valence-corrected chi connectivity index (χ4v) is 14.8. The van der Waals surface area contributed by atoms with Gasteiger partial charge in [0, 0.05) is 16.9 Å². The minimum absolute atomic E-state index is 0.0831. The summed E-state index contributed by atoms with van der Waals surface area (Å²) in [6, 6.07) is 69.6. The molecule has 0 N–H and O–H groups in total. The third-order valence-corrected chi connectivity index (χ3v) is 16.6. The van der Waals surface area contributed by atoms with Crippen molar-refractivity contribution in [3.8, 4) is 22.6 Å². The van der Waals surface area contributed by atoms with Crippen LogP contribution in [0.15, 0.2) is 188 Å². The van der Waals surface area contributed by atoms with E-state index in [4.69, 9.17) is 4.74 Å². The van der Waals surface area contributed by atoms with Crippen LogP contribution >= 0.6 is 0 Å². The summed E-state index contributed by atoms with van der Waals surface area (Å²) in [6.45, 7) is 6.77. The quantitative estimate of drug-likeness (QED) is 0.167. The minimum Gasteiger partial charge on any atom is -0.458 e. The van der Waals surface area contributed by atoms with Crippen LogP contribution in [0.5, 0.6) is 11.5 Å². The lowest BCUT2D eigenvalue weighted by Gasteiger charge is -2.45. The molecule has 2 heterocycles. The van der Waals surface area contributed by atoms with Gasteiger partial charge in [0.25, 0.3) is 6.71 Å². The Hall–Kier alpha value is -6.36. The van der Waals surface area contributed by atoms with Crippen molar-refractivity contribution >= 4 is 69.0 Å². The number of fused-ring (bicyclic) bond motifs is 4. The molecule has 0 aliphatic carbocycles. The summed E-state index contributed by atoms with van der Waals surface area (Å²) in [7, 11) is -2.72. The summed E-state index contributed by atoms with van der Waals surface area (Å²) in [5, 5.41) is 5.54. The summed E-state index contributed by atoms with van der Waals surface area (Å²) in [5.41, 5.74) is 13.6. The number of aryl methyl sites for hydroxylation is 3. The van der Waals surface area contributed by atoms with Gasteiger partial charge in [-0.3, -0.25) is 0 Å². The maximum atomic E-state index is 6.81. The molecule has 2 aliphatic heterocycles. The fourth-order valence-electron chi connectivity index (χ4n) is 9.67. The van der Waals surface area contributed by atoms with E-state index in [0.717, 1.165) is 28.3 Å². The fraction of sp³-hybridized carbons (Fsp3) is 0.0588. The first-order valence-corrected chi connectivity index (χ1v) is 21.2. The number of rotatable bonds is 5. The number of hydrogen-bond donors (Lipinski definition) is 0. The van der Waals surface area contributed by atoms with Gasteiger partial charge in [0.15, 0.2) is 8.07 Å². The second-order valence-corrected chi connectivity index (χ2v) is 18.7. The molecule has 0 atom stereocenters. The van der Waals surface area contributed by atoms with Gasteiger partial charge >= 0.3 is 0 Å². The third kappa shape index (κ3) is 5.16. The van der Waals surface area contributed by atoms with E-state index in [1.807, 2.05) is 0 Å². The van der Waals surface area contributed by atoms with Gasteiger partial charge in [-0.25, -0.2) is 0 Å². The molecule has 0 aromatic heterocycles. The first-order chi connectivity index (χ1) is 27.0. The van der Waals surface area contributed by atoms with E-state index < -0.39 is 8.07 Å². The standard InChI is InChI=1S/C51H40BNOSi/c1-35-32-36(2)51(37(3)33-35)52-42-23-11-15-27-47(42)54-48-34-38(30-31-43(48)52)41-22-10-12-24-44(41)53-45-25-13-16-28-49(45)55(39-18-6-4-7-19-39,40-20-8-5-9-21-40)50-29-17-14-26-46(50)53/h4-34H,1-3H3. The Labute approximate surface area is 325 Å². The van der Waals surface area contributed by atoms with Crippen molar-refractivity contribution in [1.82, 2.24) is 0 Å². The first-order valence-electron chi connectivity index (χ1n) is 19.2. The van der Waals surface area contributed by atoms with E-state index in [1.54, 1.807) is 0 Å². The van der Waals surface area contributed by atoms with Gasteiger partial charge in [0.05, 0.1) is 5.69 Å².